The summed E-state index contributed by atoms with van der Waals surface area (Å²) in [6, 6.07) is 6.48. The van der Waals surface area contributed by atoms with Gasteiger partial charge in [0.25, 0.3) is 0 Å². The number of alkyl halides is 3. The normalized spacial score (nSPS) is 18.7. The number of amides is 2. The van der Waals surface area contributed by atoms with Gasteiger partial charge in [-0.15, -0.1) is 0 Å². The Hall–Kier alpha value is -4.11. The predicted molar refractivity (Wildman–Crippen MR) is 174 cm³/mol. The zero-order valence-corrected chi connectivity index (χ0v) is 28.2. The zero-order valence-electron chi connectivity index (χ0n) is 28.2. The molecule has 49 heavy (non-hydrogen) atoms. The SMILES string of the molecule is COC(=O)C1CCCN1C(=O)C(Nc1cc(F)cc(C(F)(F)F)c1)C(C)(C)C.O=C(O)N1Cc2ccc(NCCN3CCOCC3)cc2C1. The molecular weight excluding hydrogens is 650 g/mol. The van der Waals surface area contributed by atoms with Crippen LogP contribution in [-0.4, -0.2) is 103 Å². The van der Waals surface area contributed by atoms with Crippen LogP contribution in [0.25, 0.3) is 0 Å². The number of hydrogen-bond acceptors (Lipinski definition) is 8. The highest BCUT2D eigenvalue weighted by Crippen LogP contribution is 2.34. The van der Waals surface area contributed by atoms with Gasteiger partial charge in [0.2, 0.25) is 5.91 Å². The number of halogens is 4. The van der Waals surface area contributed by atoms with E-state index in [9.17, 15) is 31.9 Å². The fraction of sp³-hybridized carbons (Fsp3) is 0.559. The van der Waals surface area contributed by atoms with E-state index in [0.717, 1.165) is 68.3 Å². The molecule has 2 amide bonds. The van der Waals surface area contributed by atoms with Crippen LogP contribution in [0.5, 0.6) is 0 Å². The van der Waals surface area contributed by atoms with Crippen LogP contribution in [0.2, 0.25) is 0 Å². The molecule has 0 aromatic heterocycles. The van der Waals surface area contributed by atoms with Crippen LogP contribution in [-0.2, 0) is 38.3 Å². The second-order valence-corrected chi connectivity index (χ2v) is 13.4. The van der Waals surface area contributed by atoms with E-state index < -0.39 is 53.0 Å². The summed E-state index contributed by atoms with van der Waals surface area (Å²) in [5.41, 5.74) is 1.25. The topological polar surface area (TPSA) is 124 Å². The maximum absolute atomic E-state index is 13.7. The molecule has 11 nitrogen and oxygen atoms in total. The van der Waals surface area contributed by atoms with E-state index in [2.05, 4.69) is 21.6 Å². The molecule has 0 bridgehead atoms. The third-order valence-electron chi connectivity index (χ3n) is 8.72. The largest absolute Gasteiger partial charge is 0.467 e. The first-order chi connectivity index (χ1) is 23.1. The Balaban J connectivity index is 0.000000229. The Bertz CT molecular complexity index is 1480. The molecule has 0 radical (unpaired) electrons. The van der Waals surface area contributed by atoms with Crippen molar-refractivity contribution >= 4 is 29.3 Å². The van der Waals surface area contributed by atoms with Crippen LogP contribution in [0.3, 0.4) is 0 Å². The summed E-state index contributed by atoms with van der Waals surface area (Å²) in [5, 5.41) is 15.2. The molecule has 15 heteroatoms. The maximum Gasteiger partial charge on any atom is 0.416 e. The lowest BCUT2D eigenvalue weighted by Gasteiger charge is -2.35. The van der Waals surface area contributed by atoms with Crippen LogP contribution in [0.1, 0.15) is 50.3 Å². The third-order valence-corrected chi connectivity index (χ3v) is 8.72. The average Bonchev–Trinajstić information content (AvgIpc) is 3.71. The van der Waals surface area contributed by atoms with Gasteiger partial charge in [-0.2, -0.15) is 13.2 Å². The highest BCUT2D eigenvalue weighted by atomic mass is 19.4. The number of morpholine rings is 1. The van der Waals surface area contributed by atoms with Gasteiger partial charge in [0, 0.05) is 57.2 Å². The molecule has 2 unspecified atom stereocenters. The lowest BCUT2D eigenvalue weighted by atomic mass is 9.85. The number of nitrogens with one attached hydrogen (secondary N) is 2. The van der Waals surface area contributed by atoms with Crippen LogP contribution < -0.4 is 10.6 Å². The number of hydrogen-bond donors (Lipinski definition) is 3. The Morgan fingerprint density at radius 1 is 1.00 bits per heavy atom. The van der Waals surface area contributed by atoms with Gasteiger partial charge in [-0.05, 0) is 59.7 Å². The van der Waals surface area contributed by atoms with Crippen molar-refractivity contribution in [2.45, 2.75) is 65.0 Å². The number of anilines is 2. The second kappa shape index (κ2) is 16.1. The van der Waals surface area contributed by atoms with E-state index >= 15 is 0 Å². The van der Waals surface area contributed by atoms with Crippen molar-refractivity contribution in [1.82, 2.24) is 14.7 Å². The van der Waals surface area contributed by atoms with Crippen LogP contribution in [0, 0.1) is 11.2 Å². The predicted octanol–water partition coefficient (Wildman–Crippen LogP) is 5.26. The highest BCUT2D eigenvalue weighted by Gasteiger charge is 2.42. The molecule has 2 atom stereocenters. The number of esters is 1. The lowest BCUT2D eigenvalue weighted by molar-refractivity contribution is -0.151. The number of ether oxygens (including phenoxy) is 2. The van der Waals surface area contributed by atoms with Crippen molar-refractivity contribution in [1.29, 1.82) is 0 Å². The molecular formula is C34H45F4N5O6. The van der Waals surface area contributed by atoms with Gasteiger partial charge < -0.3 is 30.1 Å². The molecule has 270 valence electrons. The summed E-state index contributed by atoms with van der Waals surface area (Å²) in [5.74, 6) is -2.05. The number of fused-ring (bicyclic) bond motifs is 1. The standard InChI is InChI=1S/C19H24F4N2O3.C15H21N3O3/c1-18(2,3)15(16(26)25-7-5-6-14(25)17(27)28-4)24-13-9-11(19(21,22)23)8-12(20)10-13;19-15(20)18-10-12-1-2-14(9-13(12)11-18)16-3-4-17-5-7-21-8-6-17/h8-10,14-15,24H,5-7H2,1-4H3;1-2,9,16H,3-8,10-11H2,(H,19,20). The van der Waals surface area contributed by atoms with E-state index in [1.807, 2.05) is 12.1 Å². The van der Waals surface area contributed by atoms with Crippen LogP contribution in [0.4, 0.5) is 33.7 Å². The fourth-order valence-electron chi connectivity index (χ4n) is 6.05. The molecule has 0 spiro atoms. The van der Waals surface area contributed by atoms with Crippen molar-refractivity contribution in [2.24, 2.45) is 5.41 Å². The van der Waals surface area contributed by atoms with Crippen molar-refractivity contribution < 1.29 is 46.5 Å². The minimum Gasteiger partial charge on any atom is -0.467 e. The van der Waals surface area contributed by atoms with E-state index in [1.165, 1.54) is 16.9 Å². The van der Waals surface area contributed by atoms with E-state index in [0.29, 0.717) is 38.5 Å². The summed E-state index contributed by atoms with van der Waals surface area (Å²) in [7, 11) is 1.23. The van der Waals surface area contributed by atoms with Crippen molar-refractivity contribution in [3.63, 3.8) is 0 Å². The molecule has 3 N–H and O–H groups in total. The Morgan fingerprint density at radius 2 is 1.69 bits per heavy atom. The van der Waals surface area contributed by atoms with Crippen molar-refractivity contribution in [3.05, 3.63) is 58.9 Å². The first-order valence-electron chi connectivity index (χ1n) is 16.2. The molecule has 3 aliphatic heterocycles. The van der Waals surface area contributed by atoms with Gasteiger partial charge in [0.1, 0.15) is 17.9 Å². The fourth-order valence-corrected chi connectivity index (χ4v) is 6.05. The number of nitrogens with zero attached hydrogens (tertiary/aromatic N) is 3. The van der Waals surface area contributed by atoms with Crippen molar-refractivity contribution in [3.8, 4) is 0 Å². The van der Waals surface area contributed by atoms with Gasteiger partial charge in [0.15, 0.2) is 0 Å². The van der Waals surface area contributed by atoms with E-state index in [4.69, 9.17) is 14.6 Å². The smallest absolute Gasteiger partial charge is 0.416 e. The number of benzene rings is 2. The molecule has 3 aliphatic rings. The quantitative estimate of drug-likeness (QED) is 0.251. The zero-order chi connectivity index (χ0) is 35.9. The van der Waals surface area contributed by atoms with Crippen molar-refractivity contribution in [2.75, 3.05) is 63.7 Å². The second-order valence-electron chi connectivity index (χ2n) is 13.4. The molecule has 3 heterocycles. The van der Waals surface area contributed by atoms with E-state index in [1.54, 1.807) is 20.8 Å². The number of rotatable bonds is 8. The number of carboxylic acid groups (broad SMARTS) is 1. The van der Waals surface area contributed by atoms with Crippen LogP contribution >= 0.6 is 0 Å². The Morgan fingerprint density at radius 3 is 2.33 bits per heavy atom. The van der Waals surface area contributed by atoms with Crippen LogP contribution in [0.15, 0.2) is 36.4 Å². The summed E-state index contributed by atoms with van der Waals surface area (Å²) in [6.07, 6.45) is -4.51. The average molecular weight is 696 g/mol. The summed E-state index contributed by atoms with van der Waals surface area (Å²) in [6.45, 7) is 12.1. The Labute approximate surface area is 283 Å². The Kier molecular flexibility index (Phi) is 12.4. The number of likely N-dealkylation sites (tertiary alicyclic amines) is 1. The highest BCUT2D eigenvalue weighted by molar-refractivity contribution is 5.90. The molecule has 0 aliphatic carbocycles. The summed E-state index contributed by atoms with van der Waals surface area (Å²) >= 11 is 0. The minimum absolute atomic E-state index is 0.158. The first kappa shape index (κ1) is 37.7. The maximum atomic E-state index is 13.7. The summed E-state index contributed by atoms with van der Waals surface area (Å²) < 4.78 is 62.7. The van der Waals surface area contributed by atoms with Gasteiger partial charge in [0.05, 0.1) is 25.9 Å². The summed E-state index contributed by atoms with van der Waals surface area (Å²) in [4.78, 5) is 41.3. The number of carbonyl (C=O) groups excluding carboxylic acids is 2. The number of carbonyl (C=O) groups is 3. The third kappa shape index (κ3) is 10.2. The molecule has 2 fully saturated rings. The first-order valence-corrected chi connectivity index (χ1v) is 16.2. The molecule has 2 aromatic rings. The van der Waals surface area contributed by atoms with Gasteiger partial charge in [-0.1, -0.05) is 26.8 Å². The molecule has 2 saturated heterocycles. The lowest BCUT2D eigenvalue weighted by Crippen LogP contribution is -2.52. The molecule has 5 rings (SSSR count). The van der Waals surface area contributed by atoms with Gasteiger partial charge in [-0.25, -0.2) is 14.0 Å². The van der Waals surface area contributed by atoms with Gasteiger partial charge in [-0.3, -0.25) is 14.6 Å². The van der Waals surface area contributed by atoms with E-state index in [-0.39, 0.29) is 5.69 Å². The molecule has 2 aromatic carbocycles. The molecule has 0 saturated carbocycles. The monoisotopic (exact) mass is 695 g/mol. The minimum atomic E-state index is -4.72. The van der Waals surface area contributed by atoms with Gasteiger partial charge >= 0.3 is 18.2 Å². The number of methoxy groups -OCH3 is 1.